The van der Waals surface area contributed by atoms with Gasteiger partial charge in [0.05, 0.1) is 12.4 Å². The highest BCUT2D eigenvalue weighted by Crippen LogP contribution is 2.19. The molecule has 0 saturated carbocycles. The Bertz CT molecular complexity index is 416. The van der Waals surface area contributed by atoms with E-state index in [-0.39, 0.29) is 12.5 Å². The summed E-state index contributed by atoms with van der Waals surface area (Å²) in [7, 11) is 0. The summed E-state index contributed by atoms with van der Waals surface area (Å²) < 4.78 is 0. The third kappa shape index (κ3) is 5.15. The van der Waals surface area contributed by atoms with Crippen LogP contribution in [0.4, 0.5) is 0 Å². The largest absolute Gasteiger partial charge is 0.392 e. The maximum absolute atomic E-state index is 11.8. The molecule has 1 aliphatic heterocycles. The van der Waals surface area contributed by atoms with Gasteiger partial charge in [-0.1, -0.05) is 24.3 Å². The molecule has 0 aromatic heterocycles. The highest BCUT2D eigenvalue weighted by molar-refractivity contribution is 8.00. The summed E-state index contributed by atoms with van der Waals surface area (Å²) in [6, 6.07) is 7.63. The zero-order valence-electron chi connectivity index (χ0n) is 11.6. The smallest absolute Gasteiger partial charge is 0.230 e. The van der Waals surface area contributed by atoms with Crippen LogP contribution in [0, 0.1) is 0 Å². The molecule has 1 amide bonds. The minimum Gasteiger partial charge on any atom is -0.392 e. The molecule has 1 aromatic rings. The van der Waals surface area contributed by atoms with E-state index in [4.69, 9.17) is 5.11 Å². The van der Waals surface area contributed by atoms with E-state index in [0.29, 0.717) is 17.5 Å². The van der Waals surface area contributed by atoms with Crippen LogP contribution in [0.2, 0.25) is 0 Å². The first-order valence-electron chi connectivity index (χ1n) is 7.05. The lowest BCUT2D eigenvalue weighted by Crippen LogP contribution is -2.31. The molecule has 110 valence electrons. The van der Waals surface area contributed by atoms with Crippen molar-refractivity contribution in [2.75, 3.05) is 18.8 Å². The van der Waals surface area contributed by atoms with E-state index in [1.165, 1.54) is 0 Å². The summed E-state index contributed by atoms with van der Waals surface area (Å²) in [4.78, 5) is 11.8. The Hall–Kier alpha value is -1.04. The van der Waals surface area contributed by atoms with Gasteiger partial charge in [-0.05, 0) is 37.1 Å². The number of thioether (sulfide) groups is 1. The molecule has 0 spiro atoms. The molecular formula is C15H22N2O2S. The van der Waals surface area contributed by atoms with E-state index in [1.807, 2.05) is 24.3 Å². The van der Waals surface area contributed by atoms with Gasteiger partial charge in [-0.25, -0.2) is 0 Å². The first kappa shape index (κ1) is 15.4. The van der Waals surface area contributed by atoms with Gasteiger partial charge in [-0.15, -0.1) is 11.8 Å². The average molecular weight is 294 g/mol. The number of hydrogen-bond donors (Lipinski definition) is 3. The minimum absolute atomic E-state index is 0.0551. The van der Waals surface area contributed by atoms with E-state index >= 15 is 0 Å². The second kappa shape index (κ2) is 8.29. The Balaban J connectivity index is 1.66. The molecular weight excluding hydrogens is 272 g/mol. The second-order valence-electron chi connectivity index (χ2n) is 5.01. The number of hydrogen-bond acceptors (Lipinski definition) is 4. The van der Waals surface area contributed by atoms with Crippen molar-refractivity contribution in [2.45, 2.75) is 31.2 Å². The molecule has 1 heterocycles. The summed E-state index contributed by atoms with van der Waals surface area (Å²) in [6.45, 7) is 2.74. The molecule has 20 heavy (non-hydrogen) atoms. The minimum atomic E-state index is 0.0551. The van der Waals surface area contributed by atoms with Crippen molar-refractivity contribution in [3.63, 3.8) is 0 Å². The Morgan fingerprint density at radius 1 is 1.25 bits per heavy atom. The van der Waals surface area contributed by atoms with Gasteiger partial charge in [-0.2, -0.15) is 0 Å². The zero-order chi connectivity index (χ0) is 14.2. The maximum atomic E-state index is 11.8. The van der Waals surface area contributed by atoms with Crippen molar-refractivity contribution < 1.29 is 9.90 Å². The Morgan fingerprint density at radius 3 is 2.55 bits per heavy atom. The molecule has 2 rings (SSSR count). The van der Waals surface area contributed by atoms with E-state index in [2.05, 4.69) is 10.6 Å². The maximum Gasteiger partial charge on any atom is 0.230 e. The summed E-state index contributed by atoms with van der Waals surface area (Å²) in [6.07, 6.45) is 2.31. The molecule has 1 aliphatic rings. The molecule has 3 N–H and O–H groups in total. The number of nitrogens with one attached hydrogen (secondary N) is 2. The Kier molecular flexibility index (Phi) is 6.36. The van der Waals surface area contributed by atoms with E-state index in [0.717, 1.165) is 37.1 Å². The Labute approximate surface area is 124 Å². The van der Waals surface area contributed by atoms with Gasteiger partial charge in [0, 0.05) is 11.8 Å². The quantitative estimate of drug-likeness (QED) is 0.740. The SMILES string of the molecule is O=C(CSC1CCNCC1)NCc1ccc(CO)cc1. The normalized spacial score (nSPS) is 16.1. The van der Waals surface area contributed by atoms with Crippen LogP contribution in [0.1, 0.15) is 24.0 Å². The van der Waals surface area contributed by atoms with Crippen LogP contribution in [-0.4, -0.2) is 35.1 Å². The number of piperidine rings is 1. The highest BCUT2D eigenvalue weighted by Gasteiger charge is 2.14. The fourth-order valence-electron chi connectivity index (χ4n) is 2.17. The first-order valence-corrected chi connectivity index (χ1v) is 8.10. The molecule has 0 bridgehead atoms. The monoisotopic (exact) mass is 294 g/mol. The summed E-state index contributed by atoms with van der Waals surface area (Å²) >= 11 is 1.76. The number of carbonyl (C=O) groups is 1. The lowest BCUT2D eigenvalue weighted by Gasteiger charge is -2.21. The van der Waals surface area contributed by atoms with Crippen molar-refractivity contribution >= 4 is 17.7 Å². The topological polar surface area (TPSA) is 61.4 Å². The Morgan fingerprint density at radius 2 is 1.90 bits per heavy atom. The number of aliphatic hydroxyl groups excluding tert-OH is 1. The highest BCUT2D eigenvalue weighted by atomic mass is 32.2. The third-order valence-electron chi connectivity index (χ3n) is 3.43. The molecule has 1 aromatic carbocycles. The summed E-state index contributed by atoms with van der Waals surface area (Å²) in [5, 5.41) is 15.8. The number of aliphatic hydroxyl groups is 1. The number of carbonyl (C=O) groups excluding carboxylic acids is 1. The van der Waals surface area contributed by atoms with Crippen LogP contribution < -0.4 is 10.6 Å². The summed E-state index contributed by atoms with van der Waals surface area (Å²) in [5.41, 5.74) is 1.95. The first-order chi connectivity index (χ1) is 9.78. The van der Waals surface area contributed by atoms with Crippen molar-refractivity contribution in [3.8, 4) is 0 Å². The van der Waals surface area contributed by atoms with Crippen LogP contribution in [-0.2, 0) is 17.9 Å². The van der Waals surface area contributed by atoms with Crippen molar-refractivity contribution in [2.24, 2.45) is 0 Å². The van der Waals surface area contributed by atoms with Gasteiger partial charge in [0.15, 0.2) is 0 Å². The molecule has 0 unspecified atom stereocenters. The van der Waals surface area contributed by atoms with Gasteiger partial charge in [0.2, 0.25) is 5.91 Å². The van der Waals surface area contributed by atoms with Gasteiger partial charge in [0.25, 0.3) is 0 Å². The van der Waals surface area contributed by atoms with Gasteiger partial charge in [0.1, 0.15) is 0 Å². The van der Waals surface area contributed by atoms with E-state index in [9.17, 15) is 4.79 Å². The van der Waals surface area contributed by atoms with Crippen molar-refractivity contribution in [1.29, 1.82) is 0 Å². The van der Waals surface area contributed by atoms with E-state index in [1.54, 1.807) is 11.8 Å². The predicted molar refractivity (Wildman–Crippen MR) is 82.6 cm³/mol. The van der Waals surface area contributed by atoms with Crippen LogP contribution in [0.15, 0.2) is 24.3 Å². The van der Waals surface area contributed by atoms with Crippen LogP contribution >= 0.6 is 11.8 Å². The van der Waals surface area contributed by atoms with Gasteiger partial charge >= 0.3 is 0 Å². The third-order valence-corrected chi connectivity index (χ3v) is 4.80. The second-order valence-corrected chi connectivity index (χ2v) is 6.30. The van der Waals surface area contributed by atoms with Gasteiger partial charge in [-0.3, -0.25) is 4.79 Å². The van der Waals surface area contributed by atoms with Crippen molar-refractivity contribution in [3.05, 3.63) is 35.4 Å². The lowest BCUT2D eigenvalue weighted by molar-refractivity contribution is -0.118. The number of benzene rings is 1. The predicted octanol–water partition coefficient (Wildman–Crippen LogP) is 1.28. The lowest BCUT2D eigenvalue weighted by atomic mass is 10.1. The fraction of sp³-hybridized carbons (Fsp3) is 0.533. The van der Waals surface area contributed by atoms with Crippen molar-refractivity contribution in [1.82, 2.24) is 10.6 Å². The summed E-state index contributed by atoms with van der Waals surface area (Å²) in [5.74, 6) is 0.638. The molecule has 4 nitrogen and oxygen atoms in total. The number of amides is 1. The van der Waals surface area contributed by atoms with Crippen LogP contribution in [0.25, 0.3) is 0 Å². The average Bonchev–Trinajstić information content (AvgIpc) is 2.52. The molecule has 0 radical (unpaired) electrons. The molecule has 5 heteroatoms. The van der Waals surface area contributed by atoms with E-state index < -0.39 is 0 Å². The molecule has 1 saturated heterocycles. The van der Waals surface area contributed by atoms with Gasteiger partial charge < -0.3 is 15.7 Å². The fourth-order valence-corrected chi connectivity index (χ4v) is 3.23. The standard InChI is InChI=1S/C15H22N2O2S/c18-10-13-3-1-12(2-4-13)9-17-15(19)11-20-14-5-7-16-8-6-14/h1-4,14,16,18H,5-11H2,(H,17,19). The molecule has 0 atom stereocenters. The zero-order valence-corrected chi connectivity index (χ0v) is 12.4. The van der Waals surface area contributed by atoms with Crippen LogP contribution in [0.5, 0.6) is 0 Å². The van der Waals surface area contributed by atoms with Crippen LogP contribution in [0.3, 0.4) is 0 Å². The molecule has 0 aliphatic carbocycles. The molecule has 1 fully saturated rings. The number of rotatable bonds is 6.